The molecule has 4 fully saturated rings. The van der Waals surface area contributed by atoms with Gasteiger partial charge in [-0.05, 0) is 117 Å². The molecule has 8 unspecified atom stereocenters. The molecule has 6 rings (SSSR count). The third kappa shape index (κ3) is 3.95. The first-order chi connectivity index (χ1) is 17.3. The van der Waals surface area contributed by atoms with Crippen molar-refractivity contribution in [2.45, 2.75) is 85.1 Å². The van der Waals surface area contributed by atoms with Gasteiger partial charge in [-0.1, -0.05) is 31.9 Å². The van der Waals surface area contributed by atoms with Crippen LogP contribution in [0.4, 0.5) is 0 Å². The first kappa shape index (κ1) is 24.9. The Morgan fingerprint density at radius 2 is 1.92 bits per heavy atom. The van der Waals surface area contributed by atoms with E-state index in [0.717, 1.165) is 54.3 Å². The molecule has 6 heteroatoms. The van der Waals surface area contributed by atoms with E-state index in [9.17, 15) is 4.79 Å². The van der Waals surface area contributed by atoms with E-state index in [-0.39, 0.29) is 17.9 Å². The van der Waals surface area contributed by atoms with Gasteiger partial charge in [0.05, 0.1) is 6.61 Å². The molecule has 0 N–H and O–H groups in total. The summed E-state index contributed by atoms with van der Waals surface area (Å²) >= 11 is 6.12. The van der Waals surface area contributed by atoms with Crippen LogP contribution in [-0.4, -0.2) is 34.0 Å². The van der Waals surface area contributed by atoms with Gasteiger partial charge in [0.15, 0.2) is 5.78 Å². The maximum atomic E-state index is 13.7. The van der Waals surface area contributed by atoms with Crippen LogP contribution in [0.2, 0.25) is 5.02 Å². The van der Waals surface area contributed by atoms with Gasteiger partial charge in [0.2, 0.25) is 0 Å². The smallest absolute Gasteiger partial charge is 0.159 e. The van der Waals surface area contributed by atoms with Gasteiger partial charge in [-0.3, -0.25) is 4.79 Å². The van der Waals surface area contributed by atoms with E-state index in [2.05, 4.69) is 31.0 Å². The number of benzene rings is 1. The summed E-state index contributed by atoms with van der Waals surface area (Å²) in [5.74, 6) is 4.29. The van der Waals surface area contributed by atoms with Crippen molar-refractivity contribution in [3.8, 4) is 0 Å². The minimum Gasteiger partial charge on any atom is -0.381 e. The first-order valence-electron chi connectivity index (χ1n) is 14.4. The summed E-state index contributed by atoms with van der Waals surface area (Å²) in [7, 11) is 0. The van der Waals surface area contributed by atoms with Gasteiger partial charge in [0.25, 0.3) is 0 Å². The van der Waals surface area contributed by atoms with Gasteiger partial charge in [0, 0.05) is 17.5 Å². The molecular formula is C30H42ClN3O2. The van der Waals surface area contributed by atoms with Crippen molar-refractivity contribution < 1.29 is 9.53 Å². The van der Waals surface area contributed by atoms with E-state index in [1.807, 2.05) is 18.2 Å². The maximum Gasteiger partial charge on any atom is 0.159 e. The summed E-state index contributed by atoms with van der Waals surface area (Å²) in [6.07, 6.45) is 11.5. The highest BCUT2D eigenvalue weighted by Crippen LogP contribution is 2.68. The fourth-order valence-electron chi connectivity index (χ4n) is 9.62. The van der Waals surface area contributed by atoms with E-state index in [1.54, 1.807) is 4.80 Å². The molecule has 4 aliphatic carbocycles. The second-order valence-electron chi connectivity index (χ2n) is 12.9. The summed E-state index contributed by atoms with van der Waals surface area (Å²) in [4.78, 5) is 15.3. The highest BCUT2D eigenvalue weighted by molar-refractivity contribution is 6.31. The Morgan fingerprint density at radius 3 is 2.75 bits per heavy atom. The lowest BCUT2D eigenvalue weighted by molar-refractivity contribution is -0.158. The average Bonchev–Trinajstić information content (AvgIpc) is 3.42. The van der Waals surface area contributed by atoms with Crippen LogP contribution in [0.25, 0.3) is 11.0 Å². The summed E-state index contributed by atoms with van der Waals surface area (Å²) in [6, 6.07) is 5.52. The van der Waals surface area contributed by atoms with Crippen LogP contribution in [-0.2, 0) is 16.1 Å². The van der Waals surface area contributed by atoms with Crippen molar-refractivity contribution >= 4 is 28.4 Å². The average molecular weight is 512 g/mol. The van der Waals surface area contributed by atoms with E-state index >= 15 is 0 Å². The van der Waals surface area contributed by atoms with E-state index in [4.69, 9.17) is 16.3 Å². The zero-order valence-electron chi connectivity index (χ0n) is 22.2. The van der Waals surface area contributed by atoms with E-state index in [0.29, 0.717) is 22.1 Å². The van der Waals surface area contributed by atoms with Crippen molar-refractivity contribution in [1.82, 2.24) is 15.0 Å². The molecule has 5 nitrogen and oxygen atoms in total. The molecule has 0 spiro atoms. The number of halogens is 1. The Labute approximate surface area is 220 Å². The molecule has 4 saturated carbocycles. The zero-order valence-corrected chi connectivity index (χ0v) is 23.0. The quantitative estimate of drug-likeness (QED) is 0.420. The number of fused-ring (bicyclic) bond motifs is 6. The second-order valence-corrected chi connectivity index (χ2v) is 13.3. The topological polar surface area (TPSA) is 57.0 Å². The van der Waals surface area contributed by atoms with E-state index in [1.165, 1.54) is 51.4 Å². The lowest BCUT2D eigenvalue weighted by Gasteiger charge is -2.62. The predicted molar refractivity (Wildman–Crippen MR) is 143 cm³/mol. The van der Waals surface area contributed by atoms with Crippen molar-refractivity contribution in [1.29, 1.82) is 0 Å². The van der Waals surface area contributed by atoms with Crippen LogP contribution >= 0.6 is 11.6 Å². The fraction of sp³-hybridized carbons (Fsp3) is 0.767. The number of ketones is 1. The lowest BCUT2D eigenvalue weighted by atomic mass is 9.44. The van der Waals surface area contributed by atoms with Gasteiger partial charge in [-0.2, -0.15) is 15.0 Å². The normalized spacial score (nSPS) is 40.0. The molecule has 0 radical (unpaired) electrons. The first-order valence-corrected chi connectivity index (χ1v) is 14.8. The minimum atomic E-state index is 0.107. The van der Waals surface area contributed by atoms with Crippen LogP contribution in [0, 0.1) is 46.3 Å². The molecule has 8 atom stereocenters. The number of carbonyl (C=O) groups excluding carboxylic acids is 1. The van der Waals surface area contributed by atoms with Crippen molar-refractivity contribution in [2.75, 3.05) is 13.2 Å². The lowest BCUT2D eigenvalue weighted by Crippen LogP contribution is -2.56. The molecule has 2 aromatic rings. The Kier molecular flexibility index (Phi) is 6.47. The Bertz CT molecular complexity index is 1130. The molecule has 36 heavy (non-hydrogen) atoms. The van der Waals surface area contributed by atoms with Crippen molar-refractivity contribution in [3.63, 3.8) is 0 Å². The molecule has 0 aliphatic heterocycles. The third-order valence-electron chi connectivity index (χ3n) is 11.3. The number of carbonyl (C=O) groups is 1. The Hall–Kier alpha value is -1.46. The van der Waals surface area contributed by atoms with Crippen LogP contribution < -0.4 is 0 Å². The SMILES string of the molecule is CCOCC12CCC(C)CC1CCC1C3CCC(C(=O)Cn4nc5ccc(Cl)cc5n4)C3(C)CCC12. The number of Topliss-reactive ketones (excluding diaryl/α,β-unsaturated/α-hetero) is 1. The summed E-state index contributed by atoms with van der Waals surface area (Å²) < 4.78 is 6.23. The van der Waals surface area contributed by atoms with Crippen LogP contribution in [0.15, 0.2) is 18.2 Å². The molecule has 0 saturated heterocycles. The largest absolute Gasteiger partial charge is 0.381 e. The molecule has 1 aromatic carbocycles. The molecule has 196 valence electrons. The highest BCUT2D eigenvalue weighted by atomic mass is 35.5. The number of hydrogen-bond acceptors (Lipinski definition) is 4. The summed E-state index contributed by atoms with van der Waals surface area (Å²) in [5, 5.41) is 9.76. The molecule has 0 amide bonds. The van der Waals surface area contributed by atoms with Gasteiger partial charge >= 0.3 is 0 Å². The van der Waals surface area contributed by atoms with Gasteiger partial charge in [-0.15, -0.1) is 0 Å². The zero-order chi connectivity index (χ0) is 25.1. The Balaban J connectivity index is 1.22. The summed E-state index contributed by atoms with van der Waals surface area (Å²) in [5.41, 5.74) is 2.02. The standard InChI is InChI=1S/C30H42ClN3O2/c1-4-36-18-30-14-11-19(2)15-20(30)5-7-22-23-8-9-25(29(23,3)13-12-24(22)30)28(35)17-34-32-26-10-6-21(31)16-27(26)33-34/h6,10,16,19-20,22-25H,4-5,7-9,11-15,17-18H2,1-3H3. The Morgan fingerprint density at radius 1 is 1.08 bits per heavy atom. The third-order valence-corrected chi connectivity index (χ3v) is 11.5. The van der Waals surface area contributed by atoms with E-state index < -0.39 is 0 Å². The predicted octanol–water partition coefficient (Wildman–Crippen LogP) is 6.97. The number of hydrogen-bond donors (Lipinski definition) is 0. The summed E-state index contributed by atoms with van der Waals surface area (Å²) in [6.45, 7) is 9.09. The monoisotopic (exact) mass is 511 g/mol. The number of ether oxygens (including phenoxy) is 1. The molecule has 1 aromatic heterocycles. The fourth-order valence-corrected chi connectivity index (χ4v) is 9.79. The molecule has 0 bridgehead atoms. The minimum absolute atomic E-state index is 0.107. The van der Waals surface area contributed by atoms with Crippen LogP contribution in [0.1, 0.15) is 78.6 Å². The van der Waals surface area contributed by atoms with Crippen LogP contribution in [0.3, 0.4) is 0 Å². The molecular weight excluding hydrogens is 470 g/mol. The molecule has 1 heterocycles. The van der Waals surface area contributed by atoms with Gasteiger partial charge < -0.3 is 4.74 Å². The van der Waals surface area contributed by atoms with Gasteiger partial charge in [-0.25, -0.2) is 0 Å². The molecule has 4 aliphatic rings. The van der Waals surface area contributed by atoms with Gasteiger partial charge in [0.1, 0.15) is 17.6 Å². The van der Waals surface area contributed by atoms with Crippen LogP contribution in [0.5, 0.6) is 0 Å². The number of rotatable bonds is 6. The maximum absolute atomic E-state index is 13.7. The number of aromatic nitrogens is 3. The van der Waals surface area contributed by atoms with Crippen molar-refractivity contribution in [3.05, 3.63) is 23.2 Å². The second kappa shape index (κ2) is 9.38. The van der Waals surface area contributed by atoms with Crippen molar-refractivity contribution in [2.24, 2.45) is 46.3 Å². The highest BCUT2D eigenvalue weighted by Gasteiger charge is 2.62. The number of nitrogens with zero attached hydrogens (tertiary/aromatic N) is 3.